The van der Waals surface area contributed by atoms with Gasteiger partial charge in [0.05, 0.1) is 5.39 Å². The zero-order valence-corrected chi connectivity index (χ0v) is 14.2. The SMILES string of the molecule is C=C/C=C\C(=C/N)CCNc1nc(C2=CCCC=C2)nc2[nH]ccc12. The summed E-state index contributed by atoms with van der Waals surface area (Å²) in [6, 6.07) is 1.99. The molecule has 0 atom stereocenters. The summed E-state index contributed by atoms with van der Waals surface area (Å²) >= 11 is 0. The Morgan fingerprint density at radius 3 is 3.04 bits per heavy atom. The molecule has 0 amide bonds. The molecule has 0 saturated heterocycles. The molecule has 0 spiro atoms. The topological polar surface area (TPSA) is 79.6 Å². The van der Waals surface area contributed by atoms with Crippen LogP contribution in [-0.2, 0) is 0 Å². The highest BCUT2D eigenvalue weighted by Crippen LogP contribution is 2.25. The first kappa shape index (κ1) is 16.8. The molecule has 4 N–H and O–H groups in total. The third-order valence-electron chi connectivity index (χ3n) is 4.04. The molecule has 0 radical (unpaired) electrons. The molecule has 5 heteroatoms. The third kappa shape index (κ3) is 4.07. The maximum atomic E-state index is 5.67. The molecule has 0 fully saturated rings. The molecule has 1 aliphatic rings. The zero-order valence-electron chi connectivity index (χ0n) is 14.2. The van der Waals surface area contributed by atoms with Crippen molar-refractivity contribution >= 4 is 22.4 Å². The number of H-pyrrole nitrogens is 1. The van der Waals surface area contributed by atoms with Gasteiger partial charge in [-0.2, -0.15) is 0 Å². The van der Waals surface area contributed by atoms with Gasteiger partial charge in [0.1, 0.15) is 11.5 Å². The molecule has 3 rings (SSSR count). The lowest BCUT2D eigenvalue weighted by Gasteiger charge is -2.11. The molecule has 0 aliphatic heterocycles. The second-order valence-electron chi connectivity index (χ2n) is 5.79. The summed E-state index contributed by atoms with van der Waals surface area (Å²) in [6.07, 6.45) is 18.4. The summed E-state index contributed by atoms with van der Waals surface area (Å²) in [6.45, 7) is 4.41. The van der Waals surface area contributed by atoms with Crippen molar-refractivity contribution in [2.24, 2.45) is 5.73 Å². The van der Waals surface area contributed by atoms with Crippen LogP contribution in [0.25, 0.3) is 16.6 Å². The van der Waals surface area contributed by atoms with Gasteiger partial charge in [-0.15, -0.1) is 0 Å². The Balaban J connectivity index is 1.79. The van der Waals surface area contributed by atoms with Crippen molar-refractivity contribution in [3.63, 3.8) is 0 Å². The Morgan fingerprint density at radius 2 is 2.28 bits per heavy atom. The van der Waals surface area contributed by atoms with Gasteiger partial charge in [0, 0.05) is 18.3 Å². The number of fused-ring (bicyclic) bond motifs is 1. The first-order valence-electron chi connectivity index (χ1n) is 8.47. The van der Waals surface area contributed by atoms with Crippen LogP contribution in [0.1, 0.15) is 25.1 Å². The van der Waals surface area contributed by atoms with E-state index in [-0.39, 0.29) is 0 Å². The number of nitrogens with zero attached hydrogens (tertiary/aromatic N) is 2. The van der Waals surface area contributed by atoms with Crippen molar-refractivity contribution in [3.05, 3.63) is 72.9 Å². The van der Waals surface area contributed by atoms with Crippen molar-refractivity contribution in [1.82, 2.24) is 15.0 Å². The normalized spacial score (nSPS) is 14.9. The molecule has 2 aromatic heterocycles. The van der Waals surface area contributed by atoms with Gasteiger partial charge in [0.15, 0.2) is 5.82 Å². The van der Waals surface area contributed by atoms with E-state index in [0.717, 1.165) is 59.6 Å². The lowest BCUT2D eigenvalue weighted by Crippen LogP contribution is -2.07. The van der Waals surface area contributed by atoms with Crippen LogP contribution in [0.2, 0.25) is 0 Å². The van der Waals surface area contributed by atoms with Crippen molar-refractivity contribution in [2.45, 2.75) is 19.3 Å². The van der Waals surface area contributed by atoms with Crippen molar-refractivity contribution in [3.8, 4) is 0 Å². The Morgan fingerprint density at radius 1 is 1.36 bits per heavy atom. The van der Waals surface area contributed by atoms with Gasteiger partial charge in [-0.25, -0.2) is 9.97 Å². The highest BCUT2D eigenvalue weighted by molar-refractivity contribution is 5.89. The molecule has 128 valence electrons. The van der Waals surface area contributed by atoms with Crippen molar-refractivity contribution in [2.75, 3.05) is 11.9 Å². The second-order valence-corrected chi connectivity index (χ2v) is 5.79. The van der Waals surface area contributed by atoms with E-state index >= 15 is 0 Å². The quantitative estimate of drug-likeness (QED) is 0.667. The fourth-order valence-electron chi connectivity index (χ4n) is 2.72. The van der Waals surface area contributed by atoms with Gasteiger partial charge in [-0.1, -0.05) is 43.0 Å². The van der Waals surface area contributed by atoms with E-state index in [0.29, 0.717) is 0 Å². The molecule has 2 aromatic rings. The highest BCUT2D eigenvalue weighted by atomic mass is 15.1. The van der Waals surface area contributed by atoms with Gasteiger partial charge in [-0.3, -0.25) is 0 Å². The summed E-state index contributed by atoms with van der Waals surface area (Å²) < 4.78 is 0. The minimum absolute atomic E-state index is 0.732. The zero-order chi connectivity index (χ0) is 17.5. The van der Waals surface area contributed by atoms with Crippen molar-refractivity contribution < 1.29 is 0 Å². The van der Waals surface area contributed by atoms with Crippen molar-refractivity contribution in [1.29, 1.82) is 0 Å². The fraction of sp³-hybridized carbons (Fsp3) is 0.200. The van der Waals surface area contributed by atoms with Gasteiger partial charge in [0.2, 0.25) is 0 Å². The largest absolute Gasteiger partial charge is 0.404 e. The lowest BCUT2D eigenvalue weighted by atomic mass is 10.1. The molecule has 1 aliphatic carbocycles. The standard InChI is InChI=1S/C20H23N5/c1-2-3-7-15(14-21)10-12-22-19-17-11-13-23-20(17)25-18(24-19)16-8-5-4-6-9-16/h2-3,5,7-9,11,13-14H,1,4,6,10,12,21H2,(H2,22,23,24,25)/b7-3-,15-14+. The maximum Gasteiger partial charge on any atom is 0.163 e. The van der Waals surface area contributed by atoms with Crippen LogP contribution < -0.4 is 11.1 Å². The summed E-state index contributed by atoms with van der Waals surface area (Å²) in [4.78, 5) is 12.6. The summed E-state index contributed by atoms with van der Waals surface area (Å²) in [7, 11) is 0. The van der Waals surface area contributed by atoms with Crippen LogP contribution in [0.3, 0.4) is 0 Å². The predicted octanol–water partition coefficient (Wildman–Crippen LogP) is 4.08. The Kier molecular flexibility index (Phi) is 5.46. The van der Waals surface area contributed by atoms with E-state index in [4.69, 9.17) is 10.7 Å². The minimum Gasteiger partial charge on any atom is -0.404 e. The number of aromatic nitrogens is 3. The average molecular weight is 333 g/mol. The summed E-state index contributed by atoms with van der Waals surface area (Å²) in [5, 5.41) is 4.41. The number of rotatable bonds is 7. The molecule has 0 unspecified atom stereocenters. The van der Waals surface area contributed by atoms with E-state index < -0.39 is 0 Å². The first-order chi connectivity index (χ1) is 12.3. The molecular weight excluding hydrogens is 310 g/mol. The molecule has 25 heavy (non-hydrogen) atoms. The van der Waals surface area contributed by atoms with Gasteiger partial charge < -0.3 is 16.0 Å². The number of anilines is 1. The number of allylic oxidation sites excluding steroid dienone is 7. The molecular formula is C20H23N5. The number of nitrogens with two attached hydrogens (primary N) is 1. The smallest absolute Gasteiger partial charge is 0.163 e. The first-order valence-corrected chi connectivity index (χ1v) is 8.47. The highest BCUT2D eigenvalue weighted by Gasteiger charge is 2.11. The van der Waals surface area contributed by atoms with Crippen LogP contribution in [0, 0.1) is 0 Å². The minimum atomic E-state index is 0.732. The molecule has 5 nitrogen and oxygen atoms in total. The van der Waals surface area contributed by atoms with Crippen LogP contribution in [0.4, 0.5) is 5.82 Å². The monoisotopic (exact) mass is 333 g/mol. The van der Waals surface area contributed by atoms with E-state index in [1.165, 1.54) is 0 Å². The van der Waals surface area contributed by atoms with E-state index in [1.54, 1.807) is 12.3 Å². The number of nitrogens with one attached hydrogen (secondary N) is 2. The molecule has 2 heterocycles. The summed E-state index contributed by atoms with van der Waals surface area (Å²) in [5.41, 5.74) is 8.63. The van der Waals surface area contributed by atoms with E-state index in [1.807, 2.05) is 24.4 Å². The fourth-order valence-corrected chi connectivity index (χ4v) is 2.72. The maximum absolute atomic E-state index is 5.67. The third-order valence-corrected chi connectivity index (χ3v) is 4.04. The molecule has 0 bridgehead atoms. The average Bonchev–Trinajstić information content (AvgIpc) is 3.14. The lowest BCUT2D eigenvalue weighted by molar-refractivity contribution is 0.997. The molecule has 0 aromatic carbocycles. The van der Waals surface area contributed by atoms with E-state index in [2.05, 4.69) is 40.1 Å². The van der Waals surface area contributed by atoms with Crippen LogP contribution >= 0.6 is 0 Å². The number of hydrogen-bond acceptors (Lipinski definition) is 4. The van der Waals surface area contributed by atoms with Crippen LogP contribution in [0.15, 0.2) is 67.1 Å². The van der Waals surface area contributed by atoms with E-state index in [9.17, 15) is 0 Å². The molecule has 0 saturated carbocycles. The van der Waals surface area contributed by atoms with Crippen LogP contribution in [-0.4, -0.2) is 21.5 Å². The number of hydrogen-bond donors (Lipinski definition) is 3. The Hall–Kier alpha value is -3.08. The van der Waals surface area contributed by atoms with Gasteiger partial charge in [0.25, 0.3) is 0 Å². The van der Waals surface area contributed by atoms with Gasteiger partial charge in [-0.05, 0) is 37.1 Å². The number of aromatic amines is 1. The van der Waals surface area contributed by atoms with Crippen LogP contribution in [0.5, 0.6) is 0 Å². The second kappa shape index (κ2) is 8.15. The van der Waals surface area contributed by atoms with Gasteiger partial charge >= 0.3 is 0 Å². The summed E-state index contributed by atoms with van der Waals surface area (Å²) in [5.74, 6) is 1.58. The Bertz CT molecular complexity index is 867. The Labute approximate surface area is 147 Å². The predicted molar refractivity (Wildman–Crippen MR) is 105 cm³/mol.